The molecule has 6 atom stereocenters. The highest BCUT2D eigenvalue weighted by atomic mass is 19.4. The lowest BCUT2D eigenvalue weighted by Gasteiger charge is -2.47. The first kappa shape index (κ1) is 58.4. The number of aliphatic hydroxyl groups is 1. The van der Waals surface area contributed by atoms with Gasteiger partial charge in [-0.15, -0.1) is 0 Å². The second kappa shape index (κ2) is 25.3. The van der Waals surface area contributed by atoms with Crippen molar-refractivity contribution in [3.8, 4) is 11.8 Å². The summed E-state index contributed by atoms with van der Waals surface area (Å²) in [6, 6.07) is 13.5. The maximum absolute atomic E-state index is 14.6. The molecule has 0 radical (unpaired) electrons. The third kappa shape index (κ3) is 15.2. The molecule has 2 bridgehead atoms. The van der Waals surface area contributed by atoms with Gasteiger partial charge in [-0.3, -0.25) is 19.9 Å². The third-order valence-corrected chi connectivity index (χ3v) is 13.8. The van der Waals surface area contributed by atoms with E-state index in [1.54, 1.807) is 75.5 Å². The average molecular weight is 1070 g/mol. The van der Waals surface area contributed by atoms with Crippen molar-refractivity contribution in [1.29, 1.82) is 0 Å². The lowest BCUT2D eigenvalue weighted by Crippen LogP contribution is -2.63. The van der Waals surface area contributed by atoms with Gasteiger partial charge >= 0.3 is 24.9 Å². The Kier molecular flexibility index (Phi) is 19.4. The Morgan fingerprint density at radius 3 is 1.93 bits per heavy atom. The molecule has 3 aliphatic heterocycles. The molecule has 3 fully saturated rings. The predicted molar refractivity (Wildman–Crippen MR) is 273 cm³/mol. The van der Waals surface area contributed by atoms with Crippen molar-refractivity contribution in [2.45, 2.75) is 116 Å². The fourth-order valence-electron chi connectivity index (χ4n) is 9.30. The number of ether oxygens (including phenoxy) is 3. The van der Waals surface area contributed by atoms with E-state index in [0.29, 0.717) is 45.9 Å². The van der Waals surface area contributed by atoms with Crippen LogP contribution < -0.4 is 32.0 Å². The van der Waals surface area contributed by atoms with Crippen LogP contribution in [0.1, 0.15) is 75.3 Å². The number of carbonyl (C=O) groups excluding carboxylic acids is 4. The van der Waals surface area contributed by atoms with Gasteiger partial charge in [0.1, 0.15) is 17.9 Å². The summed E-state index contributed by atoms with van der Waals surface area (Å²) in [4.78, 5) is 65.8. The topological polar surface area (TPSA) is 225 Å². The molecule has 4 amide bonds. The van der Waals surface area contributed by atoms with Gasteiger partial charge in [0, 0.05) is 73.6 Å². The molecule has 0 saturated carbocycles. The van der Waals surface area contributed by atoms with Gasteiger partial charge in [0.05, 0.1) is 51.0 Å². The maximum Gasteiger partial charge on any atom is 0.407 e. The molecule has 3 saturated heterocycles. The highest BCUT2D eigenvalue weighted by molar-refractivity contribution is 6.09. The quantitative estimate of drug-likeness (QED) is 0.0302. The van der Waals surface area contributed by atoms with Crippen molar-refractivity contribution in [2.75, 3.05) is 52.0 Å². The van der Waals surface area contributed by atoms with E-state index >= 15 is 0 Å². The normalized spacial score (nSPS) is 19.0. The summed E-state index contributed by atoms with van der Waals surface area (Å²) in [5, 5.41) is 20.5. The van der Waals surface area contributed by atoms with E-state index in [9.17, 15) is 46.2 Å². The van der Waals surface area contributed by atoms with Crippen LogP contribution in [0.2, 0.25) is 0 Å². The number of piperazine rings is 1. The zero-order chi connectivity index (χ0) is 55.5. The first-order valence-electron chi connectivity index (χ1n) is 24.7. The molecule has 7 N–H and O–H groups in total. The summed E-state index contributed by atoms with van der Waals surface area (Å²) >= 11 is 0. The number of alkyl halides is 5. The van der Waals surface area contributed by atoms with E-state index in [0.717, 1.165) is 85.4 Å². The molecule has 6 rings (SSSR count). The maximum atomic E-state index is 14.6. The number of allylic oxidation sites excluding steroid dienone is 1. The minimum Gasteiger partial charge on any atom is -0.453 e. The van der Waals surface area contributed by atoms with Crippen LogP contribution in [-0.4, -0.2) is 152 Å². The Balaban J connectivity index is 1.26. The standard InChI is InChI=1S/C53H67F5N10O8/c1-51(2,3)44(63-49(72)74-6)47(71)65-67(26-35-14-17-36(18-15-35)37(23-59)25-61-48(54)55)29-42(69)41(62-46(70)45(64-50(73)75-7)52(4,5)53(56,57)58)22-33-11-8-32(9-12-33)10-13-34-16-21-43(60-24-34)66-27-38-19-20-39(28-66)68(38)40-30-76-31-40/h8-9,11-12,14-18,21,23-25,38-42,44-45,48,69H,19-20,22,26-31,59H2,1-7H3,(H,62,70)(H,63,72)(H,64,73)(H,65,71)/t38?,39?,41-,42-,44+,45+/m0/s1. The summed E-state index contributed by atoms with van der Waals surface area (Å²) in [5.74, 6) is 5.08. The smallest absolute Gasteiger partial charge is 0.407 e. The summed E-state index contributed by atoms with van der Waals surface area (Å²) < 4.78 is 84.2. The summed E-state index contributed by atoms with van der Waals surface area (Å²) in [7, 11) is 2.04. The summed E-state index contributed by atoms with van der Waals surface area (Å²) in [5.41, 5.74) is 7.51. The average Bonchev–Trinajstić information content (AvgIpc) is 3.58. The molecule has 3 aliphatic rings. The number of pyridine rings is 1. The van der Waals surface area contributed by atoms with E-state index in [1.165, 1.54) is 5.01 Å². The summed E-state index contributed by atoms with van der Waals surface area (Å²) in [6.45, 7) is 6.24. The Morgan fingerprint density at radius 1 is 0.842 bits per heavy atom. The first-order chi connectivity index (χ1) is 35.9. The molecule has 3 aromatic rings. The molecule has 4 heterocycles. The third-order valence-electron chi connectivity index (χ3n) is 13.8. The zero-order valence-electron chi connectivity index (χ0n) is 43.5. The highest BCUT2D eigenvalue weighted by Crippen LogP contribution is 2.41. The van der Waals surface area contributed by atoms with Gasteiger partial charge in [0.15, 0.2) is 0 Å². The molecule has 2 unspecified atom stereocenters. The Morgan fingerprint density at radius 2 is 1.42 bits per heavy atom. The zero-order valence-corrected chi connectivity index (χ0v) is 43.5. The molecule has 1 aromatic heterocycles. The number of anilines is 1. The number of carbonyl (C=O) groups is 4. The monoisotopic (exact) mass is 1070 g/mol. The van der Waals surface area contributed by atoms with E-state index in [-0.39, 0.29) is 18.5 Å². The van der Waals surface area contributed by atoms with Crippen molar-refractivity contribution >= 4 is 41.6 Å². The first-order valence-corrected chi connectivity index (χ1v) is 24.7. The lowest BCUT2D eigenvalue weighted by atomic mass is 9.82. The number of halogens is 5. The van der Waals surface area contributed by atoms with Crippen molar-refractivity contribution in [2.24, 2.45) is 21.6 Å². The summed E-state index contributed by atoms with van der Waals surface area (Å²) in [6.07, 6.45) is -3.07. The van der Waals surface area contributed by atoms with E-state index in [4.69, 9.17) is 20.2 Å². The van der Waals surface area contributed by atoms with Gasteiger partial charge in [0.2, 0.25) is 5.91 Å². The van der Waals surface area contributed by atoms with Crippen molar-refractivity contribution in [3.63, 3.8) is 0 Å². The van der Waals surface area contributed by atoms with E-state index in [2.05, 4.69) is 47.4 Å². The molecule has 0 aliphatic carbocycles. The molecular formula is C53H67F5N10O8. The minimum absolute atomic E-state index is 0.167. The number of nitrogens with two attached hydrogens (primary N) is 1. The number of rotatable bonds is 19. The second-order valence-corrected chi connectivity index (χ2v) is 20.6. The fraction of sp³-hybridized carbons (Fsp3) is 0.509. The second-order valence-electron chi connectivity index (χ2n) is 20.6. The number of methoxy groups -OCH3 is 2. The van der Waals surface area contributed by atoms with Crippen molar-refractivity contribution in [3.05, 3.63) is 101 Å². The van der Waals surface area contributed by atoms with Gasteiger partial charge in [-0.25, -0.2) is 24.6 Å². The molecule has 18 nitrogen and oxygen atoms in total. The van der Waals surface area contributed by atoms with Crippen LogP contribution in [0.15, 0.2) is 78.1 Å². The SMILES string of the molecule is COC(=O)N[C@H](C(=O)NN(Cc1ccc(C(C=NC(F)F)=CN)cc1)C[C@H](O)[C@H](Cc1ccc(C#Cc2ccc(N3CC4CCC(C3)N4C3COC3)nc2)cc1)NC(=O)[C@@H](NC(=O)OC)C(C)(C)C(F)(F)F)C(C)(C)C. The van der Waals surface area contributed by atoms with Gasteiger partial charge in [0.25, 0.3) is 5.91 Å². The molecular weight excluding hydrogens is 1000 g/mol. The van der Waals surface area contributed by atoms with Gasteiger partial charge in [-0.1, -0.05) is 69.0 Å². The molecule has 23 heteroatoms. The van der Waals surface area contributed by atoms with Gasteiger partial charge in [-0.05, 0) is 79.5 Å². The van der Waals surface area contributed by atoms with Gasteiger partial charge in [-0.2, -0.15) is 22.0 Å². The Bertz CT molecular complexity index is 2580. The number of amides is 4. The van der Waals surface area contributed by atoms with Crippen LogP contribution in [0, 0.1) is 22.7 Å². The number of aliphatic hydroxyl groups excluding tert-OH is 1. The van der Waals surface area contributed by atoms with E-state index < -0.39 is 78.3 Å². The molecule has 2 aromatic carbocycles. The number of nitrogens with one attached hydrogen (secondary N) is 4. The number of fused-ring (bicyclic) bond motifs is 2. The van der Waals surface area contributed by atoms with Crippen LogP contribution in [0.5, 0.6) is 0 Å². The molecule has 76 heavy (non-hydrogen) atoms. The van der Waals surface area contributed by atoms with Gasteiger partial charge < -0.3 is 45.9 Å². The van der Waals surface area contributed by atoms with E-state index in [1.807, 2.05) is 17.4 Å². The number of hydrogen-bond acceptors (Lipinski definition) is 14. The van der Waals surface area contributed by atoms with Crippen LogP contribution in [0.4, 0.5) is 37.4 Å². The highest BCUT2D eigenvalue weighted by Gasteiger charge is 2.56. The largest absolute Gasteiger partial charge is 0.453 e. The number of aliphatic imine (C=N–C) groups is 1. The van der Waals surface area contributed by atoms with Crippen molar-refractivity contribution in [1.82, 2.24) is 36.3 Å². The number of aromatic nitrogens is 1. The Labute approximate surface area is 438 Å². The van der Waals surface area contributed by atoms with Crippen LogP contribution in [0.3, 0.4) is 0 Å². The minimum atomic E-state index is -5.02. The van der Waals surface area contributed by atoms with Crippen LogP contribution >= 0.6 is 0 Å². The molecule has 0 spiro atoms. The van der Waals surface area contributed by atoms with Crippen LogP contribution in [-0.2, 0) is 36.8 Å². The van der Waals surface area contributed by atoms with Crippen LogP contribution in [0.25, 0.3) is 5.57 Å². The number of nitrogens with zero attached hydrogens (tertiary/aromatic N) is 5. The fourth-order valence-corrected chi connectivity index (χ4v) is 9.30. The number of alkyl carbamates (subject to hydrolysis) is 2. The number of hydrazine groups is 1. The van der Waals surface area contributed by atoms with Crippen molar-refractivity contribution < 1.29 is 60.4 Å². The Hall–Kier alpha value is -6.87. The lowest BCUT2D eigenvalue weighted by molar-refractivity contribution is -0.220. The number of hydrogen-bond donors (Lipinski definition) is 6. The molecule has 412 valence electrons. The number of benzene rings is 2. The predicted octanol–water partition coefficient (Wildman–Crippen LogP) is 5.13.